The van der Waals surface area contributed by atoms with Gasteiger partial charge in [-0.25, -0.2) is 19.3 Å². The number of hydrogen-bond donors (Lipinski definition) is 0. The van der Waals surface area contributed by atoms with Gasteiger partial charge >= 0.3 is 0 Å². The maximum absolute atomic E-state index is 13.6. The zero-order chi connectivity index (χ0) is 11.8. The molecule has 0 fully saturated rings. The number of aromatic nitrogens is 3. The van der Waals surface area contributed by atoms with E-state index >= 15 is 0 Å². The first kappa shape index (κ1) is 10.6. The molecule has 0 atom stereocenters. The van der Waals surface area contributed by atoms with E-state index in [1.54, 1.807) is 11.6 Å². The van der Waals surface area contributed by atoms with Crippen molar-refractivity contribution < 1.29 is 4.39 Å². The van der Waals surface area contributed by atoms with Gasteiger partial charge in [0.05, 0.1) is 21.9 Å². The molecule has 2 aromatic heterocycles. The van der Waals surface area contributed by atoms with Crippen molar-refractivity contribution in [3.05, 3.63) is 41.0 Å². The number of halogens is 2. The molecule has 2 heterocycles. The van der Waals surface area contributed by atoms with Gasteiger partial charge in [0.2, 0.25) is 5.28 Å². The van der Waals surface area contributed by atoms with E-state index in [1.807, 2.05) is 12.1 Å². The summed E-state index contributed by atoms with van der Waals surface area (Å²) in [7, 11) is 0. The predicted molar refractivity (Wildman–Crippen MR) is 65.6 cm³/mol. The predicted octanol–water partition coefficient (Wildman–Crippen LogP) is 3.55. The van der Waals surface area contributed by atoms with Gasteiger partial charge in [0.1, 0.15) is 5.69 Å². The zero-order valence-electron chi connectivity index (χ0n) is 8.39. The highest BCUT2D eigenvalue weighted by atomic mass is 35.5. The van der Waals surface area contributed by atoms with E-state index in [0.29, 0.717) is 5.56 Å². The lowest BCUT2D eigenvalue weighted by atomic mass is 10.1. The largest absolute Gasteiger partial charge is 0.245 e. The van der Waals surface area contributed by atoms with E-state index < -0.39 is 5.82 Å². The van der Waals surface area contributed by atoms with Crippen molar-refractivity contribution in [2.45, 2.75) is 0 Å². The van der Waals surface area contributed by atoms with Gasteiger partial charge in [-0.3, -0.25) is 0 Å². The molecule has 17 heavy (non-hydrogen) atoms. The van der Waals surface area contributed by atoms with Crippen LogP contribution < -0.4 is 0 Å². The number of rotatable bonds is 1. The lowest BCUT2D eigenvalue weighted by Gasteiger charge is -2.02. The van der Waals surface area contributed by atoms with Crippen molar-refractivity contribution in [2.75, 3.05) is 0 Å². The van der Waals surface area contributed by atoms with Gasteiger partial charge in [-0.2, -0.15) is 0 Å². The maximum Gasteiger partial charge on any atom is 0.223 e. The normalized spacial score (nSPS) is 10.9. The summed E-state index contributed by atoms with van der Waals surface area (Å²) in [6.45, 7) is 0. The summed E-state index contributed by atoms with van der Waals surface area (Å²) in [5, 5.41) is 0.0331. The average molecular weight is 266 g/mol. The van der Waals surface area contributed by atoms with Gasteiger partial charge in [-0.1, -0.05) is 6.07 Å². The van der Waals surface area contributed by atoms with Crippen molar-refractivity contribution in [2.24, 2.45) is 0 Å². The van der Waals surface area contributed by atoms with Crippen LogP contribution in [-0.4, -0.2) is 15.0 Å². The Balaban J connectivity index is 2.22. The molecule has 0 saturated heterocycles. The van der Waals surface area contributed by atoms with Gasteiger partial charge in [0, 0.05) is 5.56 Å². The van der Waals surface area contributed by atoms with E-state index in [9.17, 15) is 4.39 Å². The van der Waals surface area contributed by atoms with Gasteiger partial charge in [0.15, 0.2) is 5.82 Å². The fourth-order valence-electron chi connectivity index (χ4n) is 1.55. The maximum atomic E-state index is 13.6. The van der Waals surface area contributed by atoms with Crippen LogP contribution in [0.4, 0.5) is 4.39 Å². The molecule has 1 aromatic carbocycles. The first-order chi connectivity index (χ1) is 8.24. The molecule has 6 heteroatoms. The molecule has 0 amide bonds. The Morgan fingerprint density at radius 2 is 2.12 bits per heavy atom. The Kier molecular flexibility index (Phi) is 2.49. The van der Waals surface area contributed by atoms with Crippen LogP contribution in [-0.2, 0) is 0 Å². The molecular formula is C11H5ClFN3S. The second-order valence-corrected chi connectivity index (χ2v) is 4.59. The molecule has 0 spiro atoms. The highest BCUT2D eigenvalue weighted by Gasteiger charge is 2.09. The number of hydrogen-bond acceptors (Lipinski definition) is 4. The number of nitrogens with zero attached hydrogens (tertiary/aromatic N) is 3. The average Bonchev–Trinajstić information content (AvgIpc) is 2.79. The van der Waals surface area contributed by atoms with E-state index in [2.05, 4.69) is 15.0 Å². The number of benzene rings is 1. The molecule has 84 valence electrons. The minimum Gasteiger partial charge on any atom is -0.245 e. The molecule has 0 N–H and O–H groups in total. The molecule has 0 bridgehead atoms. The second-order valence-electron chi connectivity index (χ2n) is 3.37. The monoisotopic (exact) mass is 265 g/mol. The van der Waals surface area contributed by atoms with E-state index in [1.165, 1.54) is 11.3 Å². The summed E-state index contributed by atoms with van der Waals surface area (Å²) in [6.07, 6.45) is 1.07. The minimum absolute atomic E-state index is 0.0331. The highest BCUT2D eigenvalue weighted by Crippen LogP contribution is 2.26. The Labute approximate surface area is 105 Å². The summed E-state index contributed by atoms with van der Waals surface area (Å²) in [6, 6.07) is 5.44. The highest BCUT2D eigenvalue weighted by molar-refractivity contribution is 7.16. The van der Waals surface area contributed by atoms with Gasteiger partial charge in [-0.15, -0.1) is 11.3 Å². The molecule has 3 aromatic rings. The summed E-state index contributed by atoms with van der Waals surface area (Å²) in [5.41, 5.74) is 3.51. The summed E-state index contributed by atoms with van der Waals surface area (Å²) in [4.78, 5) is 11.6. The zero-order valence-corrected chi connectivity index (χ0v) is 9.96. The molecule has 0 aliphatic carbocycles. The van der Waals surface area contributed by atoms with Crippen LogP contribution >= 0.6 is 22.9 Å². The quantitative estimate of drug-likeness (QED) is 0.632. The first-order valence-corrected chi connectivity index (χ1v) is 6.01. The SMILES string of the molecule is Fc1cnc(Cl)nc1-c1ccc2ncsc2c1. The van der Waals surface area contributed by atoms with E-state index in [-0.39, 0.29) is 11.0 Å². The lowest BCUT2D eigenvalue weighted by molar-refractivity contribution is 0.618. The molecule has 0 aliphatic heterocycles. The molecule has 0 radical (unpaired) electrons. The third-order valence-corrected chi connectivity index (χ3v) is 3.29. The molecule has 3 nitrogen and oxygen atoms in total. The summed E-state index contributed by atoms with van der Waals surface area (Å²) >= 11 is 7.16. The van der Waals surface area contributed by atoms with Crippen molar-refractivity contribution in [3.63, 3.8) is 0 Å². The van der Waals surface area contributed by atoms with Crippen LogP contribution in [0.1, 0.15) is 0 Å². The third-order valence-electron chi connectivity index (χ3n) is 2.32. The molecular weight excluding hydrogens is 261 g/mol. The van der Waals surface area contributed by atoms with Gasteiger partial charge < -0.3 is 0 Å². The van der Waals surface area contributed by atoms with Crippen LogP contribution in [0.5, 0.6) is 0 Å². The molecule has 3 rings (SSSR count). The smallest absolute Gasteiger partial charge is 0.223 e. The van der Waals surface area contributed by atoms with Crippen molar-refractivity contribution in [3.8, 4) is 11.3 Å². The second kappa shape index (κ2) is 4.01. The fraction of sp³-hybridized carbons (Fsp3) is 0. The Morgan fingerprint density at radius 1 is 1.24 bits per heavy atom. The third kappa shape index (κ3) is 1.87. The Bertz CT molecular complexity index is 698. The van der Waals surface area contributed by atoms with Gasteiger partial charge in [0.25, 0.3) is 0 Å². The first-order valence-electron chi connectivity index (χ1n) is 4.76. The minimum atomic E-state index is -0.488. The molecule has 0 saturated carbocycles. The summed E-state index contributed by atoms with van der Waals surface area (Å²) < 4.78 is 14.6. The standard InChI is InChI=1S/C11H5ClFN3S/c12-11-14-4-7(13)10(16-11)6-1-2-8-9(3-6)17-5-15-8/h1-5H. The van der Waals surface area contributed by atoms with Crippen molar-refractivity contribution in [1.29, 1.82) is 0 Å². The number of fused-ring (bicyclic) bond motifs is 1. The van der Waals surface area contributed by atoms with Crippen molar-refractivity contribution in [1.82, 2.24) is 15.0 Å². The lowest BCUT2D eigenvalue weighted by Crippen LogP contribution is -1.92. The van der Waals surface area contributed by atoms with Crippen LogP contribution in [0.3, 0.4) is 0 Å². The van der Waals surface area contributed by atoms with E-state index in [0.717, 1.165) is 16.4 Å². The topological polar surface area (TPSA) is 38.7 Å². The number of thiazole rings is 1. The summed E-state index contributed by atoms with van der Waals surface area (Å²) in [5.74, 6) is -0.488. The molecule has 0 aliphatic rings. The van der Waals surface area contributed by atoms with E-state index in [4.69, 9.17) is 11.6 Å². The van der Waals surface area contributed by atoms with Crippen LogP contribution in [0.25, 0.3) is 21.5 Å². The Morgan fingerprint density at radius 3 is 3.00 bits per heavy atom. The van der Waals surface area contributed by atoms with Crippen LogP contribution in [0, 0.1) is 5.82 Å². The van der Waals surface area contributed by atoms with Crippen molar-refractivity contribution >= 4 is 33.2 Å². The van der Waals surface area contributed by atoms with Gasteiger partial charge in [-0.05, 0) is 23.7 Å². The Hall–Kier alpha value is -1.59. The van der Waals surface area contributed by atoms with Crippen LogP contribution in [0.2, 0.25) is 5.28 Å². The fourth-order valence-corrected chi connectivity index (χ4v) is 2.40. The van der Waals surface area contributed by atoms with Crippen LogP contribution in [0.15, 0.2) is 29.9 Å². The molecule has 0 unspecified atom stereocenters.